The second-order valence-corrected chi connectivity index (χ2v) is 5.99. The molecule has 3 rings (SSSR count). The molecular weight excluding hydrogens is 281 g/mol. The average molecular weight is 303 g/mol. The first kappa shape index (κ1) is 15.0. The molecule has 2 N–H and O–H groups in total. The van der Waals surface area contributed by atoms with E-state index >= 15 is 0 Å². The van der Waals surface area contributed by atoms with Crippen molar-refractivity contribution in [3.63, 3.8) is 0 Å². The maximum atomic E-state index is 12.7. The van der Waals surface area contributed by atoms with E-state index in [1.165, 1.54) is 5.56 Å². The summed E-state index contributed by atoms with van der Waals surface area (Å²) in [5, 5.41) is 0. The summed E-state index contributed by atoms with van der Waals surface area (Å²) >= 11 is 0. The number of hydrogen-bond acceptors (Lipinski definition) is 3. The summed E-state index contributed by atoms with van der Waals surface area (Å²) in [4.78, 5) is 16.5. The molecule has 1 aromatic rings. The zero-order valence-electron chi connectivity index (χ0n) is 12.7. The summed E-state index contributed by atoms with van der Waals surface area (Å²) in [6.07, 6.45) is 3.69. The van der Waals surface area contributed by atoms with Crippen molar-refractivity contribution in [1.29, 1.82) is 0 Å². The van der Waals surface area contributed by atoms with Gasteiger partial charge in [-0.2, -0.15) is 0 Å². The van der Waals surface area contributed by atoms with Gasteiger partial charge in [-0.05, 0) is 48.6 Å². The van der Waals surface area contributed by atoms with Gasteiger partial charge in [0.2, 0.25) is 0 Å². The highest BCUT2D eigenvalue weighted by Crippen LogP contribution is 2.30. The van der Waals surface area contributed by atoms with Crippen LogP contribution in [-0.4, -0.2) is 43.5 Å². The zero-order valence-corrected chi connectivity index (χ0v) is 12.7. The zero-order chi connectivity index (χ0) is 15.5. The van der Waals surface area contributed by atoms with Gasteiger partial charge in [0, 0.05) is 44.0 Å². The number of benzene rings is 1. The molecule has 0 aromatic heterocycles. The Labute approximate surface area is 130 Å². The van der Waals surface area contributed by atoms with E-state index in [4.69, 9.17) is 5.73 Å². The van der Waals surface area contributed by atoms with Gasteiger partial charge >= 0.3 is 0 Å². The molecule has 1 amide bonds. The Kier molecular flexibility index (Phi) is 4.43. The van der Waals surface area contributed by atoms with Gasteiger partial charge in [0.15, 0.2) is 0 Å². The fourth-order valence-corrected chi connectivity index (χ4v) is 3.26. The van der Waals surface area contributed by atoms with E-state index in [-0.39, 0.29) is 12.5 Å². The molecule has 4 nitrogen and oxygen atoms in total. The van der Waals surface area contributed by atoms with Crippen molar-refractivity contribution in [1.82, 2.24) is 4.90 Å². The Morgan fingerprint density at radius 3 is 2.73 bits per heavy atom. The monoisotopic (exact) mass is 303 g/mol. The SMILES string of the molecule is NCC(=CF)CN1CCc2cc(C(=O)N3CCCC3)ccc21. The molecule has 2 heterocycles. The maximum Gasteiger partial charge on any atom is 0.253 e. The molecule has 22 heavy (non-hydrogen) atoms. The van der Waals surface area contributed by atoms with Crippen LogP contribution in [0.2, 0.25) is 0 Å². The van der Waals surface area contributed by atoms with Crippen LogP contribution in [0.3, 0.4) is 0 Å². The van der Waals surface area contributed by atoms with E-state index in [0.29, 0.717) is 18.4 Å². The molecule has 0 bridgehead atoms. The number of hydrogen-bond donors (Lipinski definition) is 1. The predicted molar refractivity (Wildman–Crippen MR) is 85.7 cm³/mol. The first-order valence-corrected chi connectivity index (χ1v) is 7.88. The van der Waals surface area contributed by atoms with Crippen LogP contribution in [0, 0.1) is 0 Å². The second kappa shape index (κ2) is 6.48. The maximum absolute atomic E-state index is 12.7. The number of carbonyl (C=O) groups excluding carboxylic acids is 1. The number of amides is 1. The number of carbonyl (C=O) groups is 1. The van der Waals surface area contributed by atoms with Gasteiger partial charge in [0.05, 0.1) is 6.33 Å². The molecular formula is C17H22FN3O. The molecule has 5 heteroatoms. The van der Waals surface area contributed by atoms with Crippen molar-refractivity contribution in [2.24, 2.45) is 5.73 Å². The van der Waals surface area contributed by atoms with Crippen molar-refractivity contribution in [3.05, 3.63) is 41.2 Å². The molecule has 1 aromatic carbocycles. The molecule has 1 saturated heterocycles. The lowest BCUT2D eigenvalue weighted by atomic mass is 10.1. The number of halogens is 1. The van der Waals surface area contributed by atoms with Crippen LogP contribution in [0.15, 0.2) is 30.1 Å². The molecule has 0 spiro atoms. The van der Waals surface area contributed by atoms with E-state index in [0.717, 1.165) is 50.1 Å². The first-order chi connectivity index (χ1) is 10.7. The van der Waals surface area contributed by atoms with Crippen molar-refractivity contribution < 1.29 is 9.18 Å². The summed E-state index contributed by atoms with van der Waals surface area (Å²) in [6.45, 7) is 3.31. The van der Waals surface area contributed by atoms with Gasteiger partial charge < -0.3 is 15.5 Å². The number of rotatable bonds is 4. The first-order valence-electron chi connectivity index (χ1n) is 7.88. The molecule has 118 valence electrons. The Morgan fingerprint density at radius 2 is 2.05 bits per heavy atom. The lowest BCUT2D eigenvalue weighted by Gasteiger charge is -2.21. The van der Waals surface area contributed by atoms with Gasteiger partial charge in [-0.25, -0.2) is 4.39 Å². The van der Waals surface area contributed by atoms with E-state index in [9.17, 15) is 9.18 Å². The summed E-state index contributed by atoms with van der Waals surface area (Å²) in [7, 11) is 0. The molecule has 0 saturated carbocycles. The Bertz CT molecular complexity index is 594. The molecule has 0 unspecified atom stereocenters. The molecule has 0 radical (unpaired) electrons. The topological polar surface area (TPSA) is 49.6 Å². The summed E-state index contributed by atoms with van der Waals surface area (Å²) < 4.78 is 12.7. The predicted octanol–water partition coefficient (Wildman–Crippen LogP) is 2.10. The Balaban J connectivity index is 1.76. The van der Waals surface area contributed by atoms with Crippen LogP contribution in [0.1, 0.15) is 28.8 Å². The highest BCUT2D eigenvalue weighted by atomic mass is 19.1. The highest BCUT2D eigenvalue weighted by Gasteiger charge is 2.24. The largest absolute Gasteiger partial charge is 0.367 e. The average Bonchev–Trinajstić information content (AvgIpc) is 3.21. The lowest BCUT2D eigenvalue weighted by Crippen LogP contribution is -2.27. The minimum atomic E-state index is 0.130. The third-order valence-electron chi connectivity index (χ3n) is 4.52. The lowest BCUT2D eigenvalue weighted by molar-refractivity contribution is 0.0793. The van der Waals surface area contributed by atoms with Crippen molar-refractivity contribution >= 4 is 11.6 Å². The van der Waals surface area contributed by atoms with Crippen LogP contribution < -0.4 is 10.6 Å². The van der Waals surface area contributed by atoms with Gasteiger partial charge in [0.1, 0.15) is 0 Å². The molecule has 2 aliphatic heterocycles. The third kappa shape index (κ3) is 2.86. The van der Waals surface area contributed by atoms with Gasteiger partial charge in [-0.3, -0.25) is 4.79 Å². The molecule has 0 atom stereocenters. The number of nitrogens with zero attached hydrogens (tertiary/aromatic N) is 2. The number of likely N-dealkylation sites (tertiary alicyclic amines) is 1. The number of anilines is 1. The van der Waals surface area contributed by atoms with Gasteiger partial charge in [0.25, 0.3) is 5.91 Å². The third-order valence-corrected chi connectivity index (χ3v) is 4.52. The van der Waals surface area contributed by atoms with Gasteiger partial charge in [-0.1, -0.05) is 0 Å². The second-order valence-electron chi connectivity index (χ2n) is 5.99. The summed E-state index contributed by atoms with van der Waals surface area (Å²) in [6, 6.07) is 5.87. The van der Waals surface area contributed by atoms with Crippen molar-refractivity contribution in [2.45, 2.75) is 19.3 Å². The standard InChI is InChI=1S/C17H22FN3O/c18-10-13(11-19)12-21-8-5-14-9-15(3-4-16(14)21)17(22)20-6-1-2-7-20/h3-4,9-10H,1-2,5-8,11-12,19H2. The van der Waals surface area contributed by atoms with Crippen molar-refractivity contribution in [3.8, 4) is 0 Å². The van der Waals surface area contributed by atoms with Crippen LogP contribution >= 0.6 is 0 Å². The summed E-state index contributed by atoms with van der Waals surface area (Å²) in [5.41, 5.74) is 9.14. The minimum Gasteiger partial charge on any atom is -0.367 e. The molecule has 2 aliphatic rings. The van der Waals surface area contributed by atoms with E-state index < -0.39 is 0 Å². The Morgan fingerprint density at radius 1 is 1.27 bits per heavy atom. The molecule has 1 fully saturated rings. The van der Waals surface area contributed by atoms with Gasteiger partial charge in [-0.15, -0.1) is 0 Å². The smallest absolute Gasteiger partial charge is 0.253 e. The number of fused-ring (bicyclic) bond motifs is 1. The number of nitrogens with two attached hydrogens (primary N) is 1. The molecule has 0 aliphatic carbocycles. The fourth-order valence-electron chi connectivity index (χ4n) is 3.26. The fraction of sp³-hybridized carbons (Fsp3) is 0.471. The van der Waals surface area contributed by atoms with E-state index in [1.807, 2.05) is 23.1 Å². The highest BCUT2D eigenvalue weighted by molar-refractivity contribution is 5.95. The van der Waals surface area contributed by atoms with Crippen LogP contribution in [0.5, 0.6) is 0 Å². The van der Waals surface area contributed by atoms with Crippen LogP contribution in [-0.2, 0) is 6.42 Å². The minimum absolute atomic E-state index is 0.130. The van der Waals surface area contributed by atoms with Crippen LogP contribution in [0.25, 0.3) is 0 Å². The van der Waals surface area contributed by atoms with Crippen molar-refractivity contribution in [2.75, 3.05) is 37.6 Å². The van der Waals surface area contributed by atoms with Crippen LogP contribution in [0.4, 0.5) is 10.1 Å². The Hall–Kier alpha value is -1.88. The quantitative estimate of drug-likeness (QED) is 0.926. The van der Waals surface area contributed by atoms with E-state index in [2.05, 4.69) is 4.90 Å². The van der Waals surface area contributed by atoms with E-state index in [1.54, 1.807) is 0 Å². The normalized spacial score (nSPS) is 18.0. The summed E-state index contributed by atoms with van der Waals surface area (Å²) in [5.74, 6) is 0.130.